The number of carbonyl (C=O) groups is 1. The van der Waals surface area contributed by atoms with Gasteiger partial charge in [-0.2, -0.15) is 0 Å². The molecular weight excluding hydrogens is 454 g/mol. The lowest BCUT2D eigenvalue weighted by Gasteiger charge is -2.56. The lowest BCUT2D eigenvalue weighted by Crippen LogP contribution is -2.52. The van der Waals surface area contributed by atoms with Crippen LogP contribution in [0.1, 0.15) is 61.0 Å². The number of fused-ring (bicyclic) bond motifs is 3. The van der Waals surface area contributed by atoms with E-state index in [1.807, 2.05) is 31.2 Å². The third-order valence-corrected chi connectivity index (χ3v) is 8.94. The lowest BCUT2D eigenvalue weighted by molar-refractivity contribution is -0.162. The smallest absolute Gasteiger partial charge is 0.340 e. The summed E-state index contributed by atoms with van der Waals surface area (Å²) in [7, 11) is 1.58. The summed E-state index contributed by atoms with van der Waals surface area (Å²) < 4.78 is 19.4. The Morgan fingerprint density at radius 3 is 2.33 bits per heavy atom. The van der Waals surface area contributed by atoms with Crippen molar-refractivity contribution in [1.29, 1.82) is 0 Å². The number of carbonyl (C=O) groups excluding carboxylic acids is 1. The molecule has 6 nitrogen and oxygen atoms in total. The van der Waals surface area contributed by atoms with Gasteiger partial charge in [0.05, 0.1) is 23.3 Å². The molecule has 4 saturated carbocycles. The fourth-order valence-corrected chi connectivity index (χ4v) is 7.87. The number of ether oxygens (including phenoxy) is 3. The van der Waals surface area contributed by atoms with Gasteiger partial charge >= 0.3 is 5.97 Å². The van der Waals surface area contributed by atoms with Crippen molar-refractivity contribution < 1.29 is 24.1 Å². The molecule has 6 heteroatoms. The fraction of sp³-hybridized carbons (Fsp3) is 0.567. The molecule has 0 saturated heterocycles. The molecule has 36 heavy (non-hydrogen) atoms. The Morgan fingerprint density at radius 1 is 1.00 bits per heavy atom. The molecule has 0 unspecified atom stereocenters. The molecule has 0 radical (unpaired) electrons. The van der Waals surface area contributed by atoms with Crippen molar-refractivity contribution in [1.82, 2.24) is 4.57 Å². The Hall–Kier alpha value is -2.57. The summed E-state index contributed by atoms with van der Waals surface area (Å²) in [6.45, 7) is 3.99. The molecule has 4 fully saturated rings. The number of esters is 1. The van der Waals surface area contributed by atoms with Crippen molar-refractivity contribution in [3.8, 4) is 5.75 Å². The molecule has 1 heterocycles. The molecule has 0 atom stereocenters. The number of aryl methyl sites for hydroxylation is 1. The molecule has 0 spiro atoms. The summed E-state index contributed by atoms with van der Waals surface area (Å²) in [5.74, 6) is 2.41. The van der Waals surface area contributed by atoms with Gasteiger partial charge in [0.25, 0.3) is 0 Å². The molecule has 4 bridgehead atoms. The van der Waals surface area contributed by atoms with Crippen LogP contribution in [0, 0.1) is 24.7 Å². The van der Waals surface area contributed by atoms with Crippen LogP contribution in [-0.4, -0.2) is 48.2 Å². The first kappa shape index (κ1) is 23.8. The largest absolute Gasteiger partial charge is 0.507 e. The van der Waals surface area contributed by atoms with E-state index in [1.54, 1.807) is 13.2 Å². The molecule has 2 aromatic carbocycles. The van der Waals surface area contributed by atoms with Crippen LogP contribution in [0.15, 0.2) is 30.3 Å². The van der Waals surface area contributed by atoms with Crippen LogP contribution < -0.4 is 0 Å². The van der Waals surface area contributed by atoms with E-state index in [1.165, 1.54) is 38.5 Å². The second-order valence-electron chi connectivity index (χ2n) is 11.4. The first-order chi connectivity index (χ1) is 17.5. The number of hydrogen-bond acceptors (Lipinski definition) is 5. The highest BCUT2D eigenvalue weighted by Crippen LogP contribution is 2.57. The summed E-state index contributed by atoms with van der Waals surface area (Å²) in [6.07, 6.45) is 8.85. The zero-order chi connectivity index (χ0) is 24.9. The standard InChI is InChI=1S/C30H37NO5/c1-19-27(29(33)35-11-10-34-2)25-15-26(32)23-6-3-4-7-24(23)28(25)31(19)8-5-9-36-30-16-20-12-21(17-30)14-22(13-20)18-30/h3-4,6-7,15,20-22,32H,5,8-14,16-18H2,1-2H3. The van der Waals surface area contributed by atoms with E-state index in [-0.39, 0.29) is 23.9 Å². The first-order valence-electron chi connectivity index (χ1n) is 13.5. The molecule has 0 aliphatic heterocycles. The highest BCUT2D eigenvalue weighted by Gasteiger charge is 2.51. The van der Waals surface area contributed by atoms with Gasteiger partial charge in [0.15, 0.2) is 0 Å². The summed E-state index contributed by atoms with van der Waals surface area (Å²) in [5, 5.41) is 13.2. The van der Waals surface area contributed by atoms with Crippen LogP contribution in [0.25, 0.3) is 21.7 Å². The van der Waals surface area contributed by atoms with Crippen molar-refractivity contribution in [2.75, 3.05) is 26.9 Å². The Labute approximate surface area is 212 Å². The zero-order valence-corrected chi connectivity index (χ0v) is 21.4. The third kappa shape index (κ3) is 4.08. The molecule has 3 aromatic rings. The zero-order valence-electron chi connectivity index (χ0n) is 21.4. The molecule has 4 aliphatic rings. The van der Waals surface area contributed by atoms with E-state index >= 15 is 0 Å². The van der Waals surface area contributed by atoms with Gasteiger partial charge in [-0.3, -0.25) is 0 Å². The van der Waals surface area contributed by atoms with Crippen molar-refractivity contribution in [2.24, 2.45) is 17.8 Å². The van der Waals surface area contributed by atoms with Gasteiger partial charge in [0.2, 0.25) is 0 Å². The van der Waals surface area contributed by atoms with Crippen LogP contribution in [0.2, 0.25) is 0 Å². The van der Waals surface area contributed by atoms with E-state index in [9.17, 15) is 9.90 Å². The first-order valence-corrected chi connectivity index (χ1v) is 13.5. The average Bonchev–Trinajstić information content (AvgIpc) is 3.12. The highest BCUT2D eigenvalue weighted by atomic mass is 16.6. The molecule has 1 aromatic heterocycles. The topological polar surface area (TPSA) is 69.9 Å². The minimum absolute atomic E-state index is 0.108. The summed E-state index contributed by atoms with van der Waals surface area (Å²) in [5.41, 5.74) is 2.45. The molecule has 7 rings (SSSR count). The molecule has 0 amide bonds. The summed E-state index contributed by atoms with van der Waals surface area (Å²) in [6, 6.07) is 9.54. The van der Waals surface area contributed by atoms with Crippen molar-refractivity contribution in [3.05, 3.63) is 41.6 Å². The van der Waals surface area contributed by atoms with Crippen molar-refractivity contribution >= 4 is 27.6 Å². The lowest BCUT2D eigenvalue weighted by atomic mass is 9.54. The van der Waals surface area contributed by atoms with Gasteiger partial charge in [-0.25, -0.2) is 4.79 Å². The minimum atomic E-state index is -0.382. The second-order valence-corrected chi connectivity index (χ2v) is 11.4. The number of methoxy groups -OCH3 is 1. The Balaban J connectivity index is 1.27. The van der Waals surface area contributed by atoms with Gasteiger partial charge < -0.3 is 23.9 Å². The Morgan fingerprint density at radius 2 is 1.67 bits per heavy atom. The highest BCUT2D eigenvalue weighted by molar-refractivity contribution is 6.16. The Bertz CT molecular complexity index is 1260. The number of benzene rings is 2. The number of rotatable bonds is 9. The van der Waals surface area contributed by atoms with Gasteiger partial charge in [-0.05, 0) is 75.7 Å². The van der Waals surface area contributed by atoms with Crippen molar-refractivity contribution in [3.63, 3.8) is 0 Å². The maximum absolute atomic E-state index is 13.1. The quantitative estimate of drug-likeness (QED) is 0.294. The normalized spacial score (nSPS) is 26.8. The van der Waals surface area contributed by atoms with E-state index in [4.69, 9.17) is 14.2 Å². The maximum Gasteiger partial charge on any atom is 0.340 e. The number of phenols is 1. The van der Waals surface area contributed by atoms with Gasteiger partial charge in [-0.15, -0.1) is 0 Å². The number of aromatic hydroxyl groups is 1. The van der Waals surface area contributed by atoms with E-state index in [0.29, 0.717) is 12.2 Å². The maximum atomic E-state index is 13.1. The number of nitrogens with zero attached hydrogens (tertiary/aromatic N) is 1. The summed E-state index contributed by atoms with van der Waals surface area (Å²) in [4.78, 5) is 13.1. The van der Waals surface area contributed by atoms with Crippen LogP contribution >= 0.6 is 0 Å². The molecular formula is C30H37NO5. The monoisotopic (exact) mass is 491 g/mol. The van der Waals surface area contributed by atoms with Gasteiger partial charge in [0, 0.05) is 42.1 Å². The predicted molar refractivity (Wildman–Crippen MR) is 139 cm³/mol. The van der Waals surface area contributed by atoms with Crippen LogP contribution in [0.3, 0.4) is 0 Å². The SMILES string of the molecule is COCCOC(=O)c1c(C)n(CCCOC23CC4CC(CC(C4)C2)C3)c2c1cc(O)c1ccccc12. The van der Waals surface area contributed by atoms with Crippen LogP contribution in [0.4, 0.5) is 0 Å². The van der Waals surface area contributed by atoms with E-state index < -0.39 is 0 Å². The number of hydrogen-bond donors (Lipinski definition) is 1. The van der Waals surface area contributed by atoms with Gasteiger partial charge in [-0.1, -0.05) is 24.3 Å². The van der Waals surface area contributed by atoms with E-state index in [2.05, 4.69) is 4.57 Å². The minimum Gasteiger partial charge on any atom is -0.507 e. The third-order valence-electron chi connectivity index (χ3n) is 8.94. The van der Waals surface area contributed by atoms with Crippen LogP contribution in [0.5, 0.6) is 5.75 Å². The molecule has 192 valence electrons. The average molecular weight is 492 g/mol. The number of phenolic OH excluding ortho intramolecular Hbond substituents is 1. The van der Waals surface area contributed by atoms with Gasteiger partial charge in [0.1, 0.15) is 12.4 Å². The Kier molecular flexibility index (Phi) is 6.21. The second kappa shape index (κ2) is 9.38. The van der Waals surface area contributed by atoms with Crippen LogP contribution in [-0.2, 0) is 20.8 Å². The predicted octanol–water partition coefficient (Wildman–Crippen LogP) is 5.99. The van der Waals surface area contributed by atoms with E-state index in [0.717, 1.165) is 64.7 Å². The van der Waals surface area contributed by atoms with Crippen molar-refractivity contribution in [2.45, 2.75) is 64.0 Å². The molecule has 1 N–H and O–H groups in total. The fourth-order valence-electron chi connectivity index (χ4n) is 7.87. The number of aromatic nitrogens is 1. The summed E-state index contributed by atoms with van der Waals surface area (Å²) >= 11 is 0. The molecule has 4 aliphatic carbocycles.